The normalized spacial score (nSPS) is 11.0. The van der Waals surface area contributed by atoms with Gasteiger partial charge in [-0.25, -0.2) is 8.42 Å². The highest BCUT2D eigenvalue weighted by Gasteiger charge is 2.15. The summed E-state index contributed by atoms with van der Waals surface area (Å²) in [5.41, 5.74) is 2.24. The zero-order valence-corrected chi connectivity index (χ0v) is 14.0. The third kappa shape index (κ3) is 4.56. The van der Waals surface area contributed by atoms with Gasteiger partial charge >= 0.3 is 0 Å². The van der Waals surface area contributed by atoms with Crippen LogP contribution in [0.15, 0.2) is 53.4 Å². The van der Waals surface area contributed by atoms with E-state index in [1.54, 1.807) is 37.3 Å². The van der Waals surface area contributed by atoms with Crippen LogP contribution >= 0.6 is 0 Å². The van der Waals surface area contributed by atoms with Crippen molar-refractivity contribution < 1.29 is 13.2 Å². The summed E-state index contributed by atoms with van der Waals surface area (Å²) in [6.45, 7) is 3.55. The molecule has 2 rings (SSSR count). The van der Waals surface area contributed by atoms with E-state index in [0.717, 1.165) is 5.56 Å². The second-order valence-corrected chi connectivity index (χ2v) is 7.38. The summed E-state index contributed by atoms with van der Waals surface area (Å²) in [7, 11) is -3.28. The molecule has 6 heteroatoms. The maximum atomic E-state index is 12.1. The van der Waals surface area contributed by atoms with Gasteiger partial charge in [0.1, 0.15) is 0 Å². The first-order valence-corrected chi connectivity index (χ1v) is 9.00. The number of rotatable bonds is 6. The Morgan fingerprint density at radius 1 is 1.09 bits per heavy atom. The van der Waals surface area contributed by atoms with Crippen molar-refractivity contribution in [3.63, 3.8) is 0 Å². The summed E-state index contributed by atoms with van der Waals surface area (Å²) in [4.78, 5) is 11.4. The van der Waals surface area contributed by atoms with Crippen LogP contribution in [0.5, 0.6) is 0 Å². The number of sulfone groups is 1. The van der Waals surface area contributed by atoms with Crippen LogP contribution in [0.25, 0.3) is 0 Å². The number of carbonyl (C=O) groups is 1. The van der Waals surface area contributed by atoms with Crippen molar-refractivity contribution in [2.24, 2.45) is 0 Å². The number of anilines is 2. The van der Waals surface area contributed by atoms with Gasteiger partial charge in [0.25, 0.3) is 0 Å². The van der Waals surface area contributed by atoms with Crippen molar-refractivity contribution >= 4 is 27.1 Å². The van der Waals surface area contributed by atoms with Gasteiger partial charge in [-0.3, -0.25) is 4.79 Å². The lowest BCUT2D eigenvalue weighted by Gasteiger charge is -2.12. The molecule has 23 heavy (non-hydrogen) atoms. The van der Waals surface area contributed by atoms with Crippen LogP contribution in [0, 0.1) is 0 Å². The minimum absolute atomic E-state index is 0.0592. The lowest BCUT2D eigenvalue weighted by Crippen LogP contribution is -2.09. The van der Waals surface area contributed by atoms with E-state index in [2.05, 4.69) is 10.6 Å². The standard InChI is InChI=1S/C17H20N2O3S/c1-3-23(21,22)17-10-5-4-9-16(17)18-12-14-7-6-8-15(11-14)19-13(2)20/h4-11,18H,3,12H2,1-2H3,(H,19,20). The molecule has 0 bridgehead atoms. The Labute approximate surface area is 136 Å². The average molecular weight is 332 g/mol. The zero-order valence-electron chi connectivity index (χ0n) is 13.2. The number of para-hydroxylation sites is 1. The highest BCUT2D eigenvalue weighted by Crippen LogP contribution is 2.23. The highest BCUT2D eigenvalue weighted by molar-refractivity contribution is 7.91. The molecule has 0 saturated heterocycles. The van der Waals surface area contributed by atoms with Crippen LogP contribution in [-0.2, 0) is 21.2 Å². The van der Waals surface area contributed by atoms with E-state index in [1.165, 1.54) is 6.92 Å². The van der Waals surface area contributed by atoms with E-state index in [0.29, 0.717) is 22.8 Å². The number of amides is 1. The van der Waals surface area contributed by atoms with E-state index in [-0.39, 0.29) is 11.7 Å². The lowest BCUT2D eigenvalue weighted by molar-refractivity contribution is -0.114. The second kappa shape index (κ2) is 7.28. The molecule has 0 radical (unpaired) electrons. The van der Waals surface area contributed by atoms with Crippen molar-refractivity contribution in [2.75, 3.05) is 16.4 Å². The third-order valence-corrected chi connectivity index (χ3v) is 5.12. The van der Waals surface area contributed by atoms with Crippen LogP contribution in [0.2, 0.25) is 0 Å². The van der Waals surface area contributed by atoms with E-state index < -0.39 is 9.84 Å². The first kappa shape index (κ1) is 17.0. The lowest BCUT2D eigenvalue weighted by atomic mass is 10.2. The summed E-state index contributed by atoms with van der Waals surface area (Å²) in [6, 6.07) is 14.3. The van der Waals surface area contributed by atoms with Gasteiger partial charge in [-0.1, -0.05) is 31.2 Å². The molecule has 1 amide bonds. The molecule has 0 unspecified atom stereocenters. The third-order valence-electron chi connectivity index (χ3n) is 3.33. The van der Waals surface area contributed by atoms with Gasteiger partial charge in [0, 0.05) is 19.2 Å². The van der Waals surface area contributed by atoms with Crippen molar-refractivity contribution in [3.05, 3.63) is 54.1 Å². The number of nitrogens with one attached hydrogen (secondary N) is 2. The van der Waals surface area contributed by atoms with Crippen LogP contribution in [0.4, 0.5) is 11.4 Å². The summed E-state index contributed by atoms with van der Waals surface area (Å²) in [5.74, 6) is -0.0709. The van der Waals surface area contributed by atoms with Crippen LogP contribution in [0.1, 0.15) is 19.4 Å². The maximum absolute atomic E-state index is 12.1. The molecule has 0 atom stereocenters. The molecule has 5 nitrogen and oxygen atoms in total. The van der Waals surface area contributed by atoms with Crippen molar-refractivity contribution in [2.45, 2.75) is 25.3 Å². The number of hydrogen-bond acceptors (Lipinski definition) is 4. The van der Waals surface area contributed by atoms with Crippen LogP contribution in [0.3, 0.4) is 0 Å². The van der Waals surface area contributed by atoms with E-state index in [9.17, 15) is 13.2 Å². The SMILES string of the molecule is CCS(=O)(=O)c1ccccc1NCc1cccc(NC(C)=O)c1. The second-order valence-electron chi connectivity index (χ2n) is 5.13. The smallest absolute Gasteiger partial charge is 0.221 e. The molecule has 0 heterocycles. The van der Waals surface area contributed by atoms with Crippen molar-refractivity contribution in [1.82, 2.24) is 0 Å². The summed E-state index contributed by atoms with van der Waals surface area (Å²) in [5, 5.41) is 5.88. The number of hydrogen-bond donors (Lipinski definition) is 2. The Balaban J connectivity index is 2.18. The summed E-state index contributed by atoms with van der Waals surface area (Å²) < 4.78 is 24.2. The minimum atomic E-state index is -3.28. The van der Waals surface area contributed by atoms with E-state index >= 15 is 0 Å². The number of carbonyl (C=O) groups excluding carboxylic acids is 1. The Hall–Kier alpha value is -2.34. The molecule has 2 aromatic rings. The quantitative estimate of drug-likeness (QED) is 0.852. The first-order valence-electron chi connectivity index (χ1n) is 7.34. The Bertz CT molecular complexity index is 801. The van der Waals surface area contributed by atoms with Gasteiger partial charge in [-0.05, 0) is 29.8 Å². The molecule has 0 saturated carbocycles. The number of benzene rings is 2. The first-order chi connectivity index (χ1) is 10.9. The zero-order chi connectivity index (χ0) is 16.9. The maximum Gasteiger partial charge on any atom is 0.221 e. The predicted molar refractivity (Wildman–Crippen MR) is 92.2 cm³/mol. The molecule has 0 aliphatic heterocycles. The summed E-state index contributed by atoms with van der Waals surface area (Å²) in [6.07, 6.45) is 0. The summed E-state index contributed by atoms with van der Waals surface area (Å²) >= 11 is 0. The average Bonchev–Trinajstić information content (AvgIpc) is 2.53. The fourth-order valence-electron chi connectivity index (χ4n) is 2.20. The Kier molecular flexibility index (Phi) is 5.39. The molecule has 0 aromatic heterocycles. The van der Waals surface area contributed by atoms with E-state index in [1.807, 2.05) is 18.2 Å². The molecule has 2 aromatic carbocycles. The van der Waals surface area contributed by atoms with Crippen molar-refractivity contribution in [1.29, 1.82) is 0 Å². The van der Waals surface area contributed by atoms with Gasteiger partial charge in [0.05, 0.1) is 16.3 Å². The molecule has 0 fully saturated rings. The predicted octanol–water partition coefficient (Wildman–Crippen LogP) is 3.05. The molecular weight excluding hydrogens is 312 g/mol. The van der Waals surface area contributed by atoms with Crippen molar-refractivity contribution in [3.8, 4) is 0 Å². The minimum Gasteiger partial charge on any atom is -0.380 e. The Morgan fingerprint density at radius 2 is 1.83 bits per heavy atom. The molecule has 0 spiro atoms. The van der Waals surface area contributed by atoms with E-state index in [4.69, 9.17) is 0 Å². The van der Waals surface area contributed by atoms with Gasteiger partial charge in [-0.2, -0.15) is 0 Å². The molecule has 2 N–H and O–H groups in total. The molecule has 122 valence electrons. The van der Waals surface area contributed by atoms with Gasteiger partial charge in [0.2, 0.25) is 5.91 Å². The fourth-order valence-corrected chi connectivity index (χ4v) is 3.27. The largest absolute Gasteiger partial charge is 0.380 e. The van der Waals surface area contributed by atoms with Crippen LogP contribution < -0.4 is 10.6 Å². The fraction of sp³-hybridized carbons (Fsp3) is 0.235. The topological polar surface area (TPSA) is 75.3 Å². The highest BCUT2D eigenvalue weighted by atomic mass is 32.2. The molecule has 0 aliphatic rings. The molecule has 0 aliphatic carbocycles. The molecular formula is C17H20N2O3S. The Morgan fingerprint density at radius 3 is 2.52 bits per heavy atom. The van der Waals surface area contributed by atoms with Crippen LogP contribution in [-0.4, -0.2) is 20.1 Å². The van der Waals surface area contributed by atoms with Gasteiger partial charge in [-0.15, -0.1) is 0 Å². The van der Waals surface area contributed by atoms with Gasteiger partial charge in [0.15, 0.2) is 9.84 Å². The monoisotopic (exact) mass is 332 g/mol. The van der Waals surface area contributed by atoms with Gasteiger partial charge < -0.3 is 10.6 Å².